The summed E-state index contributed by atoms with van der Waals surface area (Å²) in [5.41, 5.74) is 6.00. The summed E-state index contributed by atoms with van der Waals surface area (Å²) in [5.74, 6) is 2.17. The molecular weight excluding hydrogens is 176 g/mol. The number of ether oxygens (including phenoxy) is 1. The smallest absolute Gasteiger partial charge is 0.0512 e. The Hall–Kier alpha value is -0.120. The predicted molar refractivity (Wildman–Crippen MR) is 57.0 cm³/mol. The minimum Gasteiger partial charge on any atom is -0.381 e. The second kappa shape index (κ2) is 4.17. The Labute approximate surface area is 86.4 Å². The van der Waals surface area contributed by atoms with Crippen LogP contribution in [0.5, 0.6) is 0 Å². The minimum atomic E-state index is 0.350. The standard InChI is InChI=1S/C11H22N2O/c1-7(2)8-3-4-14-6-9(8)11-10(12)5-13-11/h7-11,13H,3-6,12H2,1-2H3. The Morgan fingerprint density at radius 2 is 2.21 bits per heavy atom. The molecule has 2 rings (SSSR count). The first-order valence-electron chi connectivity index (χ1n) is 5.77. The van der Waals surface area contributed by atoms with E-state index in [1.165, 1.54) is 6.42 Å². The molecule has 0 bridgehead atoms. The van der Waals surface area contributed by atoms with Crippen molar-refractivity contribution in [1.29, 1.82) is 0 Å². The van der Waals surface area contributed by atoms with Gasteiger partial charge in [-0.2, -0.15) is 0 Å². The van der Waals surface area contributed by atoms with E-state index in [4.69, 9.17) is 10.5 Å². The molecule has 0 aromatic carbocycles. The van der Waals surface area contributed by atoms with Crippen LogP contribution in [-0.2, 0) is 4.74 Å². The van der Waals surface area contributed by atoms with Crippen molar-refractivity contribution < 1.29 is 4.74 Å². The number of rotatable bonds is 2. The van der Waals surface area contributed by atoms with E-state index in [1.54, 1.807) is 0 Å². The molecule has 82 valence electrons. The Balaban J connectivity index is 1.99. The lowest BCUT2D eigenvalue weighted by Crippen LogP contribution is -2.67. The zero-order valence-corrected chi connectivity index (χ0v) is 9.20. The van der Waals surface area contributed by atoms with E-state index in [2.05, 4.69) is 19.2 Å². The number of hydrogen-bond donors (Lipinski definition) is 2. The average Bonchev–Trinajstić information content (AvgIpc) is 2.16. The maximum Gasteiger partial charge on any atom is 0.0512 e. The summed E-state index contributed by atoms with van der Waals surface area (Å²) in [5, 5.41) is 3.44. The van der Waals surface area contributed by atoms with Crippen molar-refractivity contribution >= 4 is 0 Å². The molecular formula is C11H22N2O. The lowest BCUT2D eigenvalue weighted by molar-refractivity contribution is -0.0298. The highest BCUT2D eigenvalue weighted by atomic mass is 16.5. The third-order valence-corrected chi connectivity index (χ3v) is 3.82. The lowest BCUT2D eigenvalue weighted by Gasteiger charge is -2.47. The van der Waals surface area contributed by atoms with E-state index in [1.807, 2.05) is 0 Å². The van der Waals surface area contributed by atoms with Crippen LogP contribution in [0.3, 0.4) is 0 Å². The molecule has 4 atom stereocenters. The molecule has 2 heterocycles. The van der Waals surface area contributed by atoms with E-state index in [0.29, 0.717) is 18.0 Å². The van der Waals surface area contributed by atoms with Crippen LogP contribution < -0.4 is 11.1 Å². The first kappa shape index (κ1) is 10.4. The molecule has 0 aliphatic carbocycles. The van der Waals surface area contributed by atoms with Crippen molar-refractivity contribution in [2.24, 2.45) is 23.5 Å². The average molecular weight is 198 g/mol. The van der Waals surface area contributed by atoms with Crippen LogP contribution in [0.1, 0.15) is 20.3 Å². The van der Waals surface area contributed by atoms with E-state index in [0.717, 1.165) is 31.6 Å². The molecule has 0 amide bonds. The summed E-state index contributed by atoms with van der Waals surface area (Å²) >= 11 is 0. The third kappa shape index (κ3) is 1.81. The van der Waals surface area contributed by atoms with Crippen LogP contribution in [0.15, 0.2) is 0 Å². The monoisotopic (exact) mass is 198 g/mol. The van der Waals surface area contributed by atoms with Gasteiger partial charge in [0, 0.05) is 31.2 Å². The van der Waals surface area contributed by atoms with Crippen LogP contribution in [-0.4, -0.2) is 31.8 Å². The second-order valence-corrected chi connectivity index (χ2v) is 5.03. The molecule has 14 heavy (non-hydrogen) atoms. The fraction of sp³-hybridized carbons (Fsp3) is 1.00. The molecule has 0 aromatic heterocycles. The first-order valence-corrected chi connectivity index (χ1v) is 5.77. The van der Waals surface area contributed by atoms with Gasteiger partial charge < -0.3 is 15.8 Å². The van der Waals surface area contributed by atoms with Gasteiger partial charge in [-0.25, -0.2) is 0 Å². The van der Waals surface area contributed by atoms with Crippen molar-refractivity contribution in [2.75, 3.05) is 19.8 Å². The van der Waals surface area contributed by atoms with Crippen LogP contribution in [0.4, 0.5) is 0 Å². The van der Waals surface area contributed by atoms with Gasteiger partial charge in [-0.3, -0.25) is 0 Å². The van der Waals surface area contributed by atoms with E-state index in [-0.39, 0.29) is 0 Å². The maximum atomic E-state index is 6.00. The summed E-state index contributed by atoms with van der Waals surface area (Å²) in [6, 6.07) is 0.852. The third-order valence-electron chi connectivity index (χ3n) is 3.82. The summed E-state index contributed by atoms with van der Waals surface area (Å²) in [4.78, 5) is 0. The number of nitrogens with two attached hydrogens (primary N) is 1. The van der Waals surface area contributed by atoms with Gasteiger partial charge in [0.25, 0.3) is 0 Å². The lowest BCUT2D eigenvalue weighted by atomic mass is 9.72. The molecule has 2 aliphatic heterocycles. The van der Waals surface area contributed by atoms with Crippen molar-refractivity contribution in [2.45, 2.75) is 32.4 Å². The van der Waals surface area contributed by atoms with Crippen molar-refractivity contribution in [3.63, 3.8) is 0 Å². The minimum absolute atomic E-state index is 0.350. The molecule has 3 N–H and O–H groups in total. The SMILES string of the molecule is CC(C)C1CCOCC1C1NCC1N. The van der Waals surface area contributed by atoms with Gasteiger partial charge in [0.05, 0.1) is 6.61 Å². The van der Waals surface area contributed by atoms with E-state index < -0.39 is 0 Å². The number of hydrogen-bond acceptors (Lipinski definition) is 3. The molecule has 2 fully saturated rings. The van der Waals surface area contributed by atoms with Gasteiger partial charge in [-0.15, -0.1) is 0 Å². The molecule has 2 aliphatic rings. The Bertz CT molecular complexity index is 196. The van der Waals surface area contributed by atoms with Crippen LogP contribution >= 0.6 is 0 Å². The van der Waals surface area contributed by atoms with Gasteiger partial charge in [0.15, 0.2) is 0 Å². The number of nitrogens with one attached hydrogen (secondary N) is 1. The molecule has 2 saturated heterocycles. The Morgan fingerprint density at radius 3 is 2.71 bits per heavy atom. The van der Waals surface area contributed by atoms with Gasteiger partial charge >= 0.3 is 0 Å². The van der Waals surface area contributed by atoms with Crippen molar-refractivity contribution in [1.82, 2.24) is 5.32 Å². The zero-order valence-electron chi connectivity index (χ0n) is 9.20. The van der Waals surface area contributed by atoms with Gasteiger partial charge in [-0.05, 0) is 18.3 Å². The summed E-state index contributed by atoms with van der Waals surface area (Å²) < 4.78 is 5.57. The summed E-state index contributed by atoms with van der Waals surface area (Å²) in [6.45, 7) is 7.43. The fourth-order valence-electron chi connectivity index (χ4n) is 2.83. The molecule has 0 spiro atoms. The predicted octanol–water partition coefficient (Wildman–Crippen LogP) is 0.594. The van der Waals surface area contributed by atoms with Crippen LogP contribution in [0, 0.1) is 17.8 Å². The molecule has 0 aromatic rings. The Morgan fingerprint density at radius 1 is 1.43 bits per heavy atom. The largest absolute Gasteiger partial charge is 0.381 e. The molecule has 4 unspecified atom stereocenters. The van der Waals surface area contributed by atoms with E-state index >= 15 is 0 Å². The summed E-state index contributed by atoms with van der Waals surface area (Å²) in [7, 11) is 0. The van der Waals surface area contributed by atoms with Gasteiger partial charge in [0.1, 0.15) is 0 Å². The maximum absolute atomic E-state index is 6.00. The second-order valence-electron chi connectivity index (χ2n) is 5.03. The zero-order chi connectivity index (χ0) is 10.1. The normalized spacial score (nSPS) is 43.7. The van der Waals surface area contributed by atoms with Gasteiger partial charge in [-0.1, -0.05) is 13.8 Å². The highest BCUT2D eigenvalue weighted by molar-refractivity contribution is 4.99. The van der Waals surface area contributed by atoms with Gasteiger partial charge in [0.2, 0.25) is 0 Å². The highest BCUT2D eigenvalue weighted by Gasteiger charge is 2.40. The molecule has 3 heteroatoms. The fourth-order valence-corrected chi connectivity index (χ4v) is 2.83. The quantitative estimate of drug-likeness (QED) is 0.683. The van der Waals surface area contributed by atoms with E-state index in [9.17, 15) is 0 Å². The van der Waals surface area contributed by atoms with Crippen LogP contribution in [0.25, 0.3) is 0 Å². The van der Waals surface area contributed by atoms with Crippen LogP contribution in [0.2, 0.25) is 0 Å². The topological polar surface area (TPSA) is 47.3 Å². The molecule has 3 nitrogen and oxygen atoms in total. The Kier molecular flexibility index (Phi) is 3.10. The van der Waals surface area contributed by atoms with Crippen molar-refractivity contribution in [3.05, 3.63) is 0 Å². The molecule has 0 radical (unpaired) electrons. The highest BCUT2D eigenvalue weighted by Crippen LogP contribution is 2.33. The van der Waals surface area contributed by atoms with Crippen molar-refractivity contribution in [3.8, 4) is 0 Å². The summed E-state index contributed by atoms with van der Waals surface area (Å²) in [6.07, 6.45) is 1.20. The first-order chi connectivity index (χ1) is 6.70. The molecule has 0 saturated carbocycles.